The van der Waals surface area contributed by atoms with Gasteiger partial charge < -0.3 is 9.47 Å². The largest absolute Gasteiger partial charge is 0.464 e. The number of imide groups is 1. The maximum atomic E-state index is 13.9. The van der Waals surface area contributed by atoms with Crippen LogP contribution in [-0.2, 0) is 25.5 Å². The zero-order chi connectivity index (χ0) is 24.8. The molecule has 6 heteroatoms. The summed E-state index contributed by atoms with van der Waals surface area (Å²) in [7, 11) is 0. The van der Waals surface area contributed by atoms with Crippen molar-refractivity contribution in [2.45, 2.75) is 58.6 Å². The fourth-order valence-electron chi connectivity index (χ4n) is 4.26. The molecule has 180 valence electrons. The fraction of sp³-hybridized carbons (Fsp3) is 0.393. The molecule has 2 aromatic rings. The summed E-state index contributed by atoms with van der Waals surface area (Å²) in [6.07, 6.45) is 3.99. The molecule has 2 aromatic carbocycles. The van der Waals surface area contributed by atoms with E-state index >= 15 is 0 Å². The molecule has 2 atom stereocenters. The van der Waals surface area contributed by atoms with E-state index in [4.69, 9.17) is 9.47 Å². The third-order valence-corrected chi connectivity index (χ3v) is 5.72. The van der Waals surface area contributed by atoms with Crippen LogP contribution in [0.15, 0.2) is 66.7 Å². The standard InChI is InChI=1S/C28H33NO5/c1-5-33-24(30)23-20-28(19-22-15-10-7-11-16-22,18-12-17-21-13-8-6-9-14-21)25(31)29(23)26(32)34-27(2,3)4/h6-17,23H,5,18-20H2,1-4H3/b17-12+/t23-,28-/m0/s1. The Morgan fingerprint density at radius 1 is 1.06 bits per heavy atom. The molecule has 0 radical (unpaired) electrons. The Kier molecular flexibility index (Phi) is 7.92. The number of ether oxygens (including phenoxy) is 2. The maximum Gasteiger partial charge on any atom is 0.417 e. The predicted molar refractivity (Wildman–Crippen MR) is 131 cm³/mol. The first-order chi connectivity index (χ1) is 16.1. The molecule has 0 bridgehead atoms. The number of likely N-dealkylation sites (tertiary alicyclic amines) is 1. The minimum atomic E-state index is -1.03. The van der Waals surface area contributed by atoms with Gasteiger partial charge in [-0.1, -0.05) is 72.8 Å². The summed E-state index contributed by atoms with van der Waals surface area (Å²) in [6, 6.07) is 18.4. The monoisotopic (exact) mass is 463 g/mol. The first kappa shape index (κ1) is 25.2. The molecule has 0 aromatic heterocycles. The Hall–Kier alpha value is -3.41. The van der Waals surface area contributed by atoms with Gasteiger partial charge in [-0.3, -0.25) is 4.79 Å². The van der Waals surface area contributed by atoms with Crippen molar-refractivity contribution in [1.29, 1.82) is 0 Å². The minimum absolute atomic E-state index is 0.158. The second kappa shape index (κ2) is 10.7. The van der Waals surface area contributed by atoms with E-state index in [0.717, 1.165) is 16.0 Å². The summed E-state index contributed by atoms with van der Waals surface area (Å²) in [5.41, 5.74) is 0.168. The molecule has 0 spiro atoms. The zero-order valence-electron chi connectivity index (χ0n) is 20.3. The molecule has 0 saturated carbocycles. The first-order valence-corrected chi connectivity index (χ1v) is 11.6. The highest BCUT2D eigenvalue weighted by Crippen LogP contribution is 2.43. The number of carbonyl (C=O) groups is 3. The van der Waals surface area contributed by atoms with Crippen LogP contribution in [0.5, 0.6) is 0 Å². The van der Waals surface area contributed by atoms with Gasteiger partial charge >= 0.3 is 12.1 Å². The number of nitrogens with zero attached hydrogens (tertiary/aromatic N) is 1. The Morgan fingerprint density at radius 3 is 2.26 bits per heavy atom. The predicted octanol–water partition coefficient (Wildman–Crippen LogP) is 5.42. The van der Waals surface area contributed by atoms with Crippen molar-refractivity contribution in [2.75, 3.05) is 6.61 Å². The van der Waals surface area contributed by atoms with E-state index in [9.17, 15) is 14.4 Å². The lowest BCUT2D eigenvalue weighted by Gasteiger charge is -2.28. The Bertz CT molecular complexity index is 1030. The number of rotatable bonds is 7. The Morgan fingerprint density at radius 2 is 1.68 bits per heavy atom. The lowest BCUT2D eigenvalue weighted by Crippen LogP contribution is -2.47. The van der Waals surface area contributed by atoms with Gasteiger partial charge in [0.1, 0.15) is 11.6 Å². The topological polar surface area (TPSA) is 72.9 Å². The molecule has 1 aliphatic rings. The van der Waals surface area contributed by atoms with Gasteiger partial charge in [-0.15, -0.1) is 0 Å². The van der Waals surface area contributed by atoms with E-state index in [1.807, 2.05) is 72.8 Å². The molecule has 34 heavy (non-hydrogen) atoms. The van der Waals surface area contributed by atoms with Crippen LogP contribution in [0.4, 0.5) is 4.79 Å². The van der Waals surface area contributed by atoms with Crippen molar-refractivity contribution in [3.63, 3.8) is 0 Å². The Labute approximate surface area is 201 Å². The average Bonchev–Trinajstić information content (AvgIpc) is 3.07. The van der Waals surface area contributed by atoms with Gasteiger partial charge in [0.2, 0.25) is 5.91 Å². The van der Waals surface area contributed by atoms with Gasteiger partial charge in [0.15, 0.2) is 0 Å². The average molecular weight is 464 g/mol. The van der Waals surface area contributed by atoms with Crippen molar-refractivity contribution < 1.29 is 23.9 Å². The molecule has 0 unspecified atom stereocenters. The highest BCUT2D eigenvalue weighted by molar-refractivity contribution is 6.03. The van der Waals surface area contributed by atoms with Crippen molar-refractivity contribution >= 4 is 24.0 Å². The van der Waals surface area contributed by atoms with Crippen molar-refractivity contribution in [3.8, 4) is 0 Å². The molecule has 6 nitrogen and oxygen atoms in total. The second-order valence-corrected chi connectivity index (χ2v) is 9.59. The summed E-state index contributed by atoms with van der Waals surface area (Å²) in [6.45, 7) is 7.04. The molecular weight excluding hydrogens is 430 g/mol. The summed E-state index contributed by atoms with van der Waals surface area (Å²) in [4.78, 5) is 40.8. The van der Waals surface area contributed by atoms with Crippen LogP contribution in [0.3, 0.4) is 0 Å². The first-order valence-electron chi connectivity index (χ1n) is 11.6. The van der Waals surface area contributed by atoms with E-state index in [-0.39, 0.29) is 13.0 Å². The van der Waals surface area contributed by atoms with E-state index < -0.39 is 35.0 Å². The zero-order valence-corrected chi connectivity index (χ0v) is 20.3. The van der Waals surface area contributed by atoms with E-state index in [0.29, 0.717) is 12.8 Å². The smallest absolute Gasteiger partial charge is 0.417 e. The number of carbonyl (C=O) groups excluding carboxylic acids is 3. The molecule has 1 aliphatic heterocycles. The fourth-order valence-corrected chi connectivity index (χ4v) is 4.26. The molecule has 2 amide bonds. The molecular formula is C28H33NO5. The van der Waals surface area contributed by atoms with Crippen LogP contribution in [-0.4, -0.2) is 41.1 Å². The highest BCUT2D eigenvalue weighted by atomic mass is 16.6. The van der Waals surface area contributed by atoms with Crippen molar-refractivity contribution in [2.24, 2.45) is 5.41 Å². The summed E-state index contributed by atoms with van der Waals surface area (Å²) in [5, 5.41) is 0. The van der Waals surface area contributed by atoms with E-state index in [2.05, 4.69) is 0 Å². The van der Waals surface area contributed by atoms with Gasteiger partial charge in [0.05, 0.1) is 12.0 Å². The van der Waals surface area contributed by atoms with E-state index in [1.54, 1.807) is 27.7 Å². The lowest BCUT2D eigenvalue weighted by atomic mass is 9.76. The number of amides is 2. The van der Waals surface area contributed by atoms with Crippen LogP contribution in [0.2, 0.25) is 0 Å². The minimum Gasteiger partial charge on any atom is -0.464 e. The summed E-state index contributed by atoms with van der Waals surface area (Å²) in [5.74, 6) is -1.01. The molecule has 3 rings (SSSR count). The number of benzene rings is 2. The van der Waals surface area contributed by atoms with Gasteiger partial charge in [-0.25, -0.2) is 14.5 Å². The molecule has 0 N–H and O–H groups in total. The van der Waals surface area contributed by atoms with Gasteiger partial charge in [0.25, 0.3) is 0 Å². The third kappa shape index (κ3) is 6.13. The third-order valence-electron chi connectivity index (χ3n) is 5.72. The maximum absolute atomic E-state index is 13.9. The second-order valence-electron chi connectivity index (χ2n) is 9.59. The van der Waals surface area contributed by atoms with Crippen molar-refractivity contribution in [1.82, 2.24) is 4.90 Å². The molecule has 0 aliphatic carbocycles. The number of allylic oxidation sites excluding steroid dienone is 1. The number of hydrogen-bond acceptors (Lipinski definition) is 5. The van der Waals surface area contributed by atoms with Crippen LogP contribution in [0.1, 0.15) is 51.7 Å². The summed E-state index contributed by atoms with van der Waals surface area (Å²) >= 11 is 0. The molecule has 1 heterocycles. The Balaban J connectivity index is 1.99. The molecule has 1 fully saturated rings. The number of hydrogen-bond donors (Lipinski definition) is 0. The SMILES string of the molecule is CCOC(=O)[C@@H]1C[C@](C/C=C/c2ccccc2)(Cc2ccccc2)C(=O)N1C(=O)OC(C)(C)C. The van der Waals surface area contributed by atoms with Gasteiger partial charge in [-0.2, -0.15) is 0 Å². The van der Waals surface area contributed by atoms with E-state index in [1.165, 1.54) is 0 Å². The van der Waals surface area contributed by atoms with Crippen LogP contribution >= 0.6 is 0 Å². The van der Waals surface area contributed by atoms with Crippen LogP contribution < -0.4 is 0 Å². The summed E-state index contributed by atoms with van der Waals surface area (Å²) < 4.78 is 10.8. The number of esters is 1. The van der Waals surface area contributed by atoms with Gasteiger partial charge in [0, 0.05) is 0 Å². The van der Waals surface area contributed by atoms with Gasteiger partial charge in [-0.05, 0) is 58.1 Å². The van der Waals surface area contributed by atoms with Crippen LogP contribution in [0, 0.1) is 5.41 Å². The normalized spacial score (nSPS) is 20.5. The molecule has 1 saturated heterocycles. The van der Waals surface area contributed by atoms with Crippen molar-refractivity contribution in [3.05, 3.63) is 77.9 Å². The lowest BCUT2D eigenvalue weighted by molar-refractivity contribution is -0.151. The van der Waals surface area contributed by atoms with Crippen LogP contribution in [0.25, 0.3) is 6.08 Å². The quantitative estimate of drug-likeness (QED) is 0.513. The highest BCUT2D eigenvalue weighted by Gasteiger charge is 2.57.